The van der Waals surface area contributed by atoms with E-state index in [0.717, 1.165) is 50.8 Å². The third-order valence-electron chi connectivity index (χ3n) is 3.62. The summed E-state index contributed by atoms with van der Waals surface area (Å²) in [6, 6.07) is 7.90. The molecule has 2 rings (SSSR count). The fourth-order valence-corrected chi connectivity index (χ4v) is 2.78. The highest BCUT2D eigenvalue weighted by atomic mass is 16.5. The van der Waals surface area contributed by atoms with E-state index in [1.54, 1.807) is 4.90 Å². The number of ether oxygens (including phenoxy) is 3. The topological polar surface area (TPSA) is 32.1 Å². The Morgan fingerprint density at radius 2 is 1.71 bits per heavy atom. The normalized spacial score (nSPS) is 25.6. The number of benzene rings is 1. The molecule has 1 aliphatic heterocycles. The molecule has 1 saturated heterocycles. The summed E-state index contributed by atoms with van der Waals surface area (Å²) >= 11 is 0. The molecule has 4 heteroatoms. The van der Waals surface area contributed by atoms with E-state index in [9.17, 15) is 0 Å². The Hall–Kier alpha value is -1.26. The average molecular weight is 294 g/mol. The average Bonchev–Trinajstić information content (AvgIpc) is 2.44. The predicted octanol–water partition coefficient (Wildman–Crippen LogP) is 1.55. The van der Waals surface area contributed by atoms with Crippen LogP contribution in [0.4, 0.5) is 0 Å². The van der Waals surface area contributed by atoms with Crippen molar-refractivity contribution in [3.8, 4) is 11.5 Å². The van der Waals surface area contributed by atoms with Gasteiger partial charge in [-0.1, -0.05) is 13.0 Å². The Bertz CT molecular complexity index is 414. The molecular formula is C17H28NO3+. The van der Waals surface area contributed by atoms with E-state index in [4.69, 9.17) is 14.2 Å². The van der Waals surface area contributed by atoms with Crippen molar-refractivity contribution in [2.75, 3.05) is 32.8 Å². The molecule has 1 heterocycles. The highest BCUT2D eigenvalue weighted by Crippen LogP contribution is 2.19. The van der Waals surface area contributed by atoms with Crippen molar-refractivity contribution < 1.29 is 19.1 Å². The van der Waals surface area contributed by atoms with Gasteiger partial charge in [0.1, 0.15) is 49.9 Å². The molecule has 118 valence electrons. The number of quaternary nitrogens is 1. The monoisotopic (exact) mass is 294 g/mol. The number of hydrogen-bond acceptors (Lipinski definition) is 3. The smallest absolute Gasteiger partial charge is 0.137 e. The summed E-state index contributed by atoms with van der Waals surface area (Å²) < 4.78 is 17.2. The van der Waals surface area contributed by atoms with Gasteiger partial charge in [0.05, 0.1) is 6.61 Å². The van der Waals surface area contributed by atoms with Gasteiger partial charge in [-0.05, 0) is 32.4 Å². The standard InChI is InChI=1S/C17H27NO3/c1-4-9-19-16-6-5-7-17(11-16)20-10-8-18-12-14(2)21-15(3)13-18/h5-7,11,14-15H,4,8-10,12-13H2,1-3H3/p+1/t14-,15+. The number of rotatable bonds is 7. The molecule has 0 aromatic heterocycles. The molecule has 0 saturated carbocycles. The Morgan fingerprint density at radius 1 is 1.10 bits per heavy atom. The number of hydrogen-bond donors (Lipinski definition) is 1. The van der Waals surface area contributed by atoms with Crippen LogP contribution in [-0.4, -0.2) is 45.1 Å². The van der Waals surface area contributed by atoms with Crippen LogP contribution in [0.15, 0.2) is 24.3 Å². The molecule has 0 bridgehead atoms. The van der Waals surface area contributed by atoms with Crippen LogP contribution in [0.25, 0.3) is 0 Å². The summed E-state index contributed by atoms with van der Waals surface area (Å²) in [5.74, 6) is 1.77. The zero-order chi connectivity index (χ0) is 15.1. The van der Waals surface area contributed by atoms with Gasteiger partial charge < -0.3 is 19.1 Å². The molecule has 0 amide bonds. The van der Waals surface area contributed by atoms with E-state index in [2.05, 4.69) is 20.8 Å². The highest BCUT2D eigenvalue weighted by molar-refractivity contribution is 5.32. The van der Waals surface area contributed by atoms with E-state index in [0.29, 0.717) is 12.2 Å². The van der Waals surface area contributed by atoms with Crippen LogP contribution in [0.3, 0.4) is 0 Å². The van der Waals surface area contributed by atoms with Gasteiger partial charge in [0, 0.05) is 6.07 Å². The van der Waals surface area contributed by atoms with E-state index in [1.165, 1.54) is 0 Å². The molecule has 1 N–H and O–H groups in total. The Morgan fingerprint density at radius 3 is 2.33 bits per heavy atom. The van der Waals surface area contributed by atoms with Crippen LogP contribution in [0.5, 0.6) is 11.5 Å². The molecule has 3 atom stereocenters. The summed E-state index contributed by atoms with van der Waals surface area (Å²) in [5, 5.41) is 0. The summed E-state index contributed by atoms with van der Waals surface area (Å²) in [5.41, 5.74) is 0. The number of morpholine rings is 1. The van der Waals surface area contributed by atoms with E-state index >= 15 is 0 Å². The van der Waals surface area contributed by atoms with Crippen LogP contribution in [0.1, 0.15) is 27.2 Å². The molecule has 21 heavy (non-hydrogen) atoms. The van der Waals surface area contributed by atoms with Gasteiger partial charge in [0.25, 0.3) is 0 Å². The Labute approximate surface area is 128 Å². The van der Waals surface area contributed by atoms with Gasteiger partial charge in [-0.3, -0.25) is 0 Å². The second-order valence-electron chi connectivity index (χ2n) is 5.84. The molecule has 1 unspecified atom stereocenters. The van der Waals surface area contributed by atoms with Gasteiger partial charge in [0.2, 0.25) is 0 Å². The minimum atomic E-state index is 0.342. The lowest BCUT2D eigenvalue weighted by atomic mass is 10.2. The lowest BCUT2D eigenvalue weighted by molar-refractivity contribution is -0.915. The largest absolute Gasteiger partial charge is 0.493 e. The van der Waals surface area contributed by atoms with Crippen molar-refractivity contribution in [2.24, 2.45) is 0 Å². The third kappa shape index (κ3) is 5.56. The van der Waals surface area contributed by atoms with E-state index < -0.39 is 0 Å². The van der Waals surface area contributed by atoms with Crippen LogP contribution in [0.2, 0.25) is 0 Å². The summed E-state index contributed by atoms with van der Waals surface area (Å²) in [4.78, 5) is 1.56. The Balaban J connectivity index is 1.75. The molecule has 4 nitrogen and oxygen atoms in total. The fourth-order valence-electron chi connectivity index (χ4n) is 2.78. The van der Waals surface area contributed by atoms with Crippen LogP contribution < -0.4 is 14.4 Å². The molecule has 0 spiro atoms. The zero-order valence-corrected chi connectivity index (χ0v) is 13.4. The van der Waals surface area contributed by atoms with Crippen molar-refractivity contribution in [1.29, 1.82) is 0 Å². The lowest BCUT2D eigenvalue weighted by Gasteiger charge is -2.32. The molecule has 0 aliphatic carbocycles. The second-order valence-corrected chi connectivity index (χ2v) is 5.84. The van der Waals surface area contributed by atoms with Gasteiger partial charge in [0.15, 0.2) is 0 Å². The molecule has 1 aliphatic rings. The van der Waals surface area contributed by atoms with Crippen molar-refractivity contribution in [1.82, 2.24) is 0 Å². The van der Waals surface area contributed by atoms with Crippen molar-refractivity contribution in [3.05, 3.63) is 24.3 Å². The highest BCUT2D eigenvalue weighted by Gasteiger charge is 2.25. The maximum Gasteiger partial charge on any atom is 0.137 e. The summed E-state index contributed by atoms with van der Waals surface area (Å²) in [6.45, 7) is 11.0. The fraction of sp³-hybridized carbons (Fsp3) is 0.647. The maximum absolute atomic E-state index is 5.86. The first-order chi connectivity index (χ1) is 10.2. The molecule has 1 fully saturated rings. The maximum atomic E-state index is 5.86. The minimum Gasteiger partial charge on any atom is -0.493 e. The number of nitrogens with one attached hydrogen (secondary N) is 1. The Kier molecular flexibility index (Phi) is 6.33. The van der Waals surface area contributed by atoms with Crippen LogP contribution >= 0.6 is 0 Å². The first-order valence-electron chi connectivity index (χ1n) is 8.02. The molecule has 1 aromatic rings. The van der Waals surface area contributed by atoms with Crippen molar-refractivity contribution >= 4 is 0 Å². The minimum absolute atomic E-state index is 0.342. The van der Waals surface area contributed by atoms with Crippen LogP contribution in [0, 0.1) is 0 Å². The van der Waals surface area contributed by atoms with Gasteiger partial charge >= 0.3 is 0 Å². The lowest BCUT2D eigenvalue weighted by Crippen LogP contribution is -3.16. The van der Waals surface area contributed by atoms with E-state index in [-0.39, 0.29) is 0 Å². The van der Waals surface area contributed by atoms with Gasteiger partial charge in [-0.15, -0.1) is 0 Å². The second kappa shape index (κ2) is 8.25. The van der Waals surface area contributed by atoms with Gasteiger partial charge in [-0.25, -0.2) is 0 Å². The first-order valence-corrected chi connectivity index (χ1v) is 8.02. The molecule has 1 aromatic carbocycles. The summed E-state index contributed by atoms with van der Waals surface area (Å²) in [7, 11) is 0. The SMILES string of the molecule is CCCOc1cccc(OCC[NH+]2C[C@@H](C)O[C@@H](C)C2)c1. The quantitative estimate of drug-likeness (QED) is 0.828. The zero-order valence-electron chi connectivity index (χ0n) is 13.4. The molecular weight excluding hydrogens is 266 g/mol. The van der Waals surface area contributed by atoms with Crippen LogP contribution in [-0.2, 0) is 4.74 Å². The predicted molar refractivity (Wildman–Crippen MR) is 83.3 cm³/mol. The van der Waals surface area contributed by atoms with Gasteiger partial charge in [-0.2, -0.15) is 0 Å². The van der Waals surface area contributed by atoms with Crippen molar-refractivity contribution in [2.45, 2.75) is 39.4 Å². The van der Waals surface area contributed by atoms with Crippen molar-refractivity contribution in [3.63, 3.8) is 0 Å². The van der Waals surface area contributed by atoms with E-state index in [1.807, 2.05) is 24.3 Å². The first kappa shape index (κ1) is 16.1. The summed E-state index contributed by atoms with van der Waals surface area (Å²) in [6.07, 6.45) is 1.70. The molecule has 0 radical (unpaired) electrons. The third-order valence-corrected chi connectivity index (χ3v) is 3.62.